The molecular weight excluding hydrogens is 422 g/mol. The molecular formula is C26H28ClN3O2. The Morgan fingerprint density at radius 2 is 1.84 bits per heavy atom. The zero-order chi connectivity index (χ0) is 23.0. The first kappa shape index (κ1) is 22.2. The molecule has 0 saturated heterocycles. The molecule has 1 heterocycles. The van der Waals surface area contributed by atoms with Crippen LogP contribution in [-0.2, 0) is 11.3 Å². The van der Waals surface area contributed by atoms with E-state index in [1.54, 1.807) is 24.3 Å². The number of oxime groups is 1. The number of fused-ring (bicyclic) bond motifs is 1. The standard InChI is InChI=1S/C26H28ClN3O2/c1-16-9-10-21(11-17(16)2)30-18(3)12-22-23(14-26(4,5)15-24(22)30)29-32-25(31)28-20-8-6-7-19(27)13-20/h6-13H,14-15H2,1-5H3,(H,28,31)/b29-23+. The Hall–Kier alpha value is -3.05. The molecule has 0 fully saturated rings. The van der Waals surface area contributed by atoms with Crippen LogP contribution in [0.3, 0.4) is 0 Å². The van der Waals surface area contributed by atoms with E-state index in [1.807, 2.05) is 0 Å². The van der Waals surface area contributed by atoms with E-state index in [-0.39, 0.29) is 5.41 Å². The van der Waals surface area contributed by atoms with Crippen LogP contribution in [0.4, 0.5) is 10.5 Å². The maximum absolute atomic E-state index is 12.3. The van der Waals surface area contributed by atoms with E-state index >= 15 is 0 Å². The number of nitrogens with one attached hydrogen (secondary N) is 1. The van der Waals surface area contributed by atoms with Crippen LogP contribution in [0.2, 0.25) is 5.02 Å². The molecule has 2 aromatic carbocycles. The van der Waals surface area contributed by atoms with E-state index in [4.69, 9.17) is 16.4 Å². The van der Waals surface area contributed by atoms with Crippen molar-refractivity contribution in [2.45, 2.75) is 47.5 Å². The summed E-state index contributed by atoms with van der Waals surface area (Å²) < 4.78 is 2.30. The lowest BCUT2D eigenvalue weighted by Gasteiger charge is -2.31. The van der Waals surface area contributed by atoms with Gasteiger partial charge >= 0.3 is 6.09 Å². The number of nitrogens with zero attached hydrogens (tertiary/aromatic N) is 2. The number of benzene rings is 2. The van der Waals surface area contributed by atoms with Crippen LogP contribution in [0, 0.1) is 26.2 Å². The summed E-state index contributed by atoms with van der Waals surface area (Å²) in [6, 6.07) is 15.6. The third kappa shape index (κ3) is 4.58. The number of aryl methyl sites for hydroxylation is 3. The number of rotatable bonds is 3. The van der Waals surface area contributed by atoms with E-state index < -0.39 is 6.09 Å². The molecule has 0 bridgehead atoms. The maximum Gasteiger partial charge on any atom is 0.437 e. The Bertz CT molecular complexity index is 1220. The van der Waals surface area contributed by atoms with Gasteiger partial charge in [0.1, 0.15) is 0 Å². The molecule has 0 aliphatic heterocycles. The van der Waals surface area contributed by atoms with Crippen molar-refractivity contribution >= 4 is 29.1 Å². The number of amides is 1. The summed E-state index contributed by atoms with van der Waals surface area (Å²) in [5.41, 5.74) is 8.36. The van der Waals surface area contributed by atoms with E-state index in [9.17, 15) is 4.79 Å². The third-order valence-electron chi connectivity index (χ3n) is 5.95. The fourth-order valence-electron chi connectivity index (χ4n) is 4.29. The second kappa shape index (κ2) is 8.47. The van der Waals surface area contributed by atoms with Gasteiger partial charge in [0.2, 0.25) is 0 Å². The molecule has 1 N–H and O–H groups in total. The van der Waals surface area contributed by atoms with Crippen LogP contribution in [0.1, 0.15) is 48.3 Å². The van der Waals surface area contributed by atoms with Gasteiger partial charge in [-0.3, -0.25) is 10.2 Å². The molecule has 32 heavy (non-hydrogen) atoms. The summed E-state index contributed by atoms with van der Waals surface area (Å²) in [5.74, 6) is 0. The van der Waals surface area contributed by atoms with Gasteiger partial charge in [0, 0.05) is 33.3 Å². The van der Waals surface area contributed by atoms with E-state index in [1.165, 1.54) is 16.8 Å². The predicted molar refractivity (Wildman–Crippen MR) is 130 cm³/mol. The summed E-state index contributed by atoms with van der Waals surface area (Å²) in [4.78, 5) is 17.6. The third-order valence-corrected chi connectivity index (χ3v) is 6.18. The lowest BCUT2D eigenvalue weighted by atomic mass is 9.76. The number of carbonyl (C=O) groups excluding carboxylic acids is 1. The summed E-state index contributed by atoms with van der Waals surface area (Å²) in [7, 11) is 0. The van der Waals surface area contributed by atoms with Crippen molar-refractivity contribution in [2.24, 2.45) is 10.6 Å². The number of carbonyl (C=O) groups is 1. The normalized spacial score (nSPS) is 16.0. The van der Waals surface area contributed by atoms with Crippen LogP contribution < -0.4 is 5.32 Å². The highest BCUT2D eigenvalue weighted by Crippen LogP contribution is 2.38. The van der Waals surface area contributed by atoms with Crippen molar-refractivity contribution in [2.75, 3.05) is 5.32 Å². The van der Waals surface area contributed by atoms with E-state index in [2.05, 4.69) is 73.9 Å². The monoisotopic (exact) mass is 449 g/mol. The average molecular weight is 450 g/mol. The second-order valence-corrected chi connectivity index (χ2v) is 9.76. The highest BCUT2D eigenvalue weighted by atomic mass is 35.5. The molecule has 1 aliphatic rings. The van der Waals surface area contributed by atoms with Crippen molar-refractivity contribution in [3.05, 3.63) is 81.6 Å². The van der Waals surface area contributed by atoms with Crippen molar-refractivity contribution in [1.29, 1.82) is 0 Å². The van der Waals surface area contributed by atoms with Crippen molar-refractivity contribution in [1.82, 2.24) is 4.57 Å². The second-order valence-electron chi connectivity index (χ2n) is 9.32. The fourth-order valence-corrected chi connectivity index (χ4v) is 4.48. The fraction of sp³-hybridized carbons (Fsp3) is 0.308. The first-order chi connectivity index (χ1) is 15.1. The Kier molecular flexibility index (Phi) is 5.87. The zero-order valence-electron chi connectivity index (χ0n) is 19.1. The minimum atomic E-state index is -0.644. The molecule has 1 aromatic heterocycles. The quantitative estimate of drug-likeness (QED) is 0.346. The van der Waals surface area contributed by atoms with Crippen molar-refractivity contribution < 1.29 is 9.63 Å². The Labute approximate surface area is 194 Å². The maximum atomic E-state index is 12.3. The van der Waals surface area contributed by atoms with Gasteiger partial charge in [0.15, 0.2) is 0 Å². The molecule has 3 aromatic rings. The van der Waals surface area contributed by atoms with Gasteiger partial charge in [-0.2, -0.15) is 0 Å². The molecule has 4 rings (SSSR count). The molecule has 5 nitrogen and oxygen atoms in total. The Morgan fingerprint density at radius 3 is 2.56 bits per heavy atom. The highest BCUT2D eigenvalue weighted by Gasteiger charge is 2.33. The van der Waals surface area contributed by atoms with Crippen LogP contribution in [-0.4, -0.2) is 16.4 Å². The van der Waals surface area contributed by atoms with Crippen molar-refractivity contribution in [3.8, 4) is 5.69 Å². The number of aromatic nitrogens is 1. The van der Waals surface area contributed by atoms with Gasteiger partial charge in [-0.05, 0) is 86.6 Å². The molecule has 0 radical (unpaired) electrons. The summed E-state index contributed by atoms with van der Waals surface area (Å²) >= 11 is 5.98. The smallest absolute Gasteiger partial charge is 0.318 e. The Morgan fingerprint density at radius 1 is 1.06 bits per heavy atom. The number of anilines is 1. The molecule has 1 amide bonds. The molecule has 0 saturated carbocycles. The molecule has 1 aliphatic carbocycles. The highest BCUT2D eigenvalue weighted by molar-refractivity contribution is 6.30. The van der Waals surface area contributed by atoms with Crippen LogP contribution in [0.15, 0.2) is 53.7 Å². The zero-order valence-corrected chi connectivity index (χ0v) is 19.9. The lowest BCUT2D eigenvalue weighted by molar-refractivity contribution is 0.165. The van der Waals surface area contributed by atoms with Gasteiger partial charge < -0.3 is 4.57 Å². The van der Waals surface area contributed by atoms with Gasteiger partial charge in [-0.25, -0.2) is 4.79 Å². The lowest BCUT2D eigenvalue weighted by Crippen LogP contribution is -2.29. The number of hydrogen-bond acceptors (Lipinski definition) is 3. The first-order valence-electron chi connectivity index (χ1n) is 10.7. The van der Waals surface area contributed by atoms with Gasteiger partial charge in [-0.15, -0.1) is 0 Å². The summed E-state index contributed by atoms with van der Waals surface area (Å²) in [6.07, 6.45) is 0.993. The molecule has 0 unspecified atom stereocenters. The van der Waals surface area contributed by atoms with Gasteiger partial charge in [-0.1, -0.05) is 42.7 Å². The minimum absolute atomic E-state index is 0.0130. The van der Waals surface area contributed by atoms with Crippen LogP contribution in [0.25, 0.3) is 5.69 Å². The van der Waals surface area contributed by atoms with Gasteiger partial charge in [0.25, 0.3) is 0 Å². The van der Waals surface area contributed by atoms with Crippen LogP contribution >= 0.6 is 11.6 Å². The topological polar surface area (TPSA) is 55.6 Å². The summed E-state index contributed by atoms with van der Waals surface area (Å²) in [6.45, 7) is 10.8. The van der Waals surface area contributed by atoms with Crippen LogP contribution in [0.5, 0.6) is 0 Å². The van der Waals surface area contributed by atoms with E-state index in [0.717, 1.165) is 35.5 Å². The SMILES string of the molecule is Cc1ccc(-n2c(C)cc3c2CC(C)(C)C/C3=N\OC(=O)Nc2cccc(Cl)c2)cc1C. The first-order valence-corrected chi connectivity index (χ1v) is 11.1. The largest absolute Gasteiger partial charge is 0.437 e. The number of halogens is 1. The molecule has 0 atom stereocenters. The van der Waals surface area contributed by atoms with Crippen molar-refractivity contribution in [3.63, 3.8) is 0 Å². The summed E-state index contributed by atoms with van der Waals surface area (Å²) in [5, 5.41) is 7.48. The van der Waals surface area contributed by atoms with Gasteiger partial charge in [0.05, 0.1) is 5.71 Å². The van der Waals surface area contributed by atoms with E-state index in [0.29, 0.717) is 10.7 Å². The molecule has 0 spiro atoms. The number of hydrogen-bond donors (Lipinski definition) is 1. The molecule has 6 heteroatoms. The minimum Gasteiger partial charge on any atom is -0.318 e. The average Bonchev–Trinajstić information content (AvgIpc) is 3.03. The predicted octanol–water partition coefficient (Wildman–Crippen LogP) is 6.98. The Balaban J connectivity index is 1.65. The molecule has 166 valence electrons.